The Hall–Kier alpha value is -0.0500. The first kappa shape index (κ1) is 16.0. The Bertz CT molecular complexity index is 564. The molecule has 0 radical (unpaired) electrons. The Balaban J connectivity index is 1.18. The van der Waals surface area contributed by atoms with Crippen molar-refractivity contribution in [2.75, 3.05) is 6.54 Å². The van der Waals surface area contributed by atoms with E-state index in [4.69, 9.17) is 0 Å². The largest absolute Gasteiger partial charge is 0.355 e. The summed E-state index contributed by atoms with van der Waals surface area (Å²) in [7, 11) is 0. The predicted molar refractivity (Wildman–Crippen MR) is 102 cm³/mol. The smallest absolute Gasteiger partial charge is 0.226 e. The number of carbonyl (C=O) groups excluding carboxylic acids is 1. The molecule has 0 aromatic heterocycles. The molecule has 8 bridgehead atoms. The Labute approximate surface area is 160 Å². The van der Waals surface area contributed by atoms with Crippen molar-refractivity contribution in [3.8, 4) is 0 Å². The number of alkyl halides is 1. The summed E-state index contributed by atoms with van der Waals surface area (Å²) in [6, 6.07) is 0. The van der Waals surface area contributed by atoms with E-state index in [0.29, 0.717) is 11.3 Å². The zero-order valence-electron chi connectivity index (χ0n) is 15.4. The maximum Gasteiger partial charge on any atom is 0.226 e. The van der Waals surface area contributed by atoms with Crippen LogP contribution in [0, 0.1) is 40.4 Å². The minimum absolute atomic E-state index is 0.0319. The number of nitrogens with one attached hydrogen (secondary N) is 1. The summed E-state index contributed by atoms with van der Waals surface area (Å²) in [4.78, 5) is 13.4. The topological polar surface area (TPSA) is 29.1 Å². The first-order valence-corrected chi connectivity index (χ1v) is 11.7. The molecule has 2 nitrogen and oxygen atoms in total. The maximum atomic E-state index is 13.4. The van der Waals surface area contributed by atoms with E-state index in [1.54, 1.807) is 0 Å². The van der Waals surface area contributed by atoms with E-state index in [9.17, 15) is 4.79 Å². The second-order valence-corrected chi connectivity index (χ2v) is 13.2. The van der Waals surface area contributed by atoms with Gasteiger partial charge in [0.25, 0.3) is 0 Å². The van der Waals surface area contributed by atoms with E-state index in [2.05, 4.69) is 21.2 Å². The van der Waals surface area contributed by atoms with Crippen molar-refractivity contribution in [2.24, 2.45) is 40.4 Å². The summed E-state index contributed by atoms with van der Waals surface area (Å²) in [6.07, 6.45) is 16.1. The molecule has 0 heterocycles. The van der Waals surface area contributed by atoms with Crippen molar-refractivity contribution in [2.45, 2.75) is 81.4 Å². The van der Waals surface area contributed by atoms with Crippen LogP contribution in [0.25, 0.3) is 0 Å². The predicted octanol–water partition coefficient (Wildman–Crippen LogP) is 5.05. The van der Waals surface area contributed by atoms with Crippen LogP contribution in [-0.2, 0) is 4.79 Å². The Morgan fingerprint density at radius 2 is 1.32 bits per heavy atom. The van der Waals surface area contributed by atoms with Gasteiger partial charge in [-0.05, 0) is 112 Å². The summed E-state index contributed by atoms with van der Waals surface area (Å²) in [5.74, 6) is 4.97. The van der Waals surface area contributed by atoms with Crippen LogP contribution in [0.1, 0.15) is 77.0 Å². The SMILES string of the molecule is O=C(NCC12CC3CC(CC(C3)C1)C2)C12C[C@@H]3C[C@H](CC(Br)(C3)C1)C2. The number of halogens is 1. The van der Waals surface area contributed by atoms with Crippen LogP contribution in [0.2, 0.25) is 0 Å². The van der Waals surface area contributed by atoms with Gasteiger partial charge < -0.3 is 5.32 Å². The lowest BCUT2D eigenvalue weighted by Crippen LogP contribution is -2.59. The van der Waals surface area contributed by atoms with Crippen LogP contribution in [0.4, 0.5) is 0 Å². The van der Waals surface area contributed by atoms with Gasteiger partial charge in [-0.3, -0.25) is 4.79 Å². The van der Waals surface area contributed by atoms with E-state index in [1.165, 1.54) is 70.6 Å². The summed E-state index contributed by atoms with van der Waals surface area (Å²) in [5.41, 5.74) is 0.439. The third-order valence-corrected chi connectivity index (χ3v) is 10.2. The zero-order valence-corrected chi connectivity index (χ0v) is 17.0. The molecule has 8 rings (SSSR count). The Morgan fingerprint density at radius 3 is 1.84 bits per heavy atom. The highest BCUT2D eigenvalue weighted by molar-refractivity contribution is 9.10. The average Bonchev–Trinajstić information content (AvgIpc) is 2.49. The fraction of sp³-hybridized carbons (Fsp3) is 0.955. The third kappa shape index (κ3) is 2.43. The van der Waals surface area contributed by atoms with Gasteiger partial charge in [0, 0.05) is 10.9 Å². The van der Waals surface area contributed by atoms with E-state index in [1.807, 2.05) is 0 Å². The monoisotopic (exact) mass is 405 g/mol. The van der Waals surface area contributed by atoms with Crippen LogP contribution in [0.15, 0.2) is 0 Å². The number of amides is 1. The summed E-state index contributed by atoms with van der Waals surface area (Å²) in [6.45, 7) is 0.988. The van der Waals surface area contributed by atoms with Crippen LogP contribution >= 0.6 is 15.9 Å². The van der Waals surface area contributed by atoms with Gasteiger partial charge in [-0.25, -0.2) is 0 Å². The maximum absolute atomic E-state index is 13.4. The summed E-state index contributed by atoms with van der Waals surface area (Å²) >= 11 is 4.06. The molecule has 8 aliphatic rings. The van der Waals surface area contributed by atoms with E-state index >= 15 is 0 Å². The summed E-state index contributed by atoms with van der Waals surface area (Å²) in [5, 5.41) is 3.55. The highest BCUT2D eigenvalue weighted by atomic mass is 79.9. The van der Waals surface area contributed by atoms with Crippen molar-refractivity contribution in [3.63, 3.8) is 0 Å². The minimum atomic E-state index is -0.0319. The molecule has 8 fully saturated rings. The first-order chi connectivity index (χ1) is 11.9. The van der Waals surface area contributed by atoms with Gasteiger partial charge in [0.15, 0.2) is 0 Å². The van der Waals surface area contributed by atoms with Crippen molar-refractivity contribution < 1.29 is 4.79 Å². The van der Waals surface area contributed by atoms with Crippen LogP contribution < -0.4 is 5.32 Å². The van der Waals surface area contributed by atoms with Gasteiger partial charge in [0.1, 0.15) is 0 Å². The molecule has 8 saturated carbocycles. The van der Waals surface area contributed by atoms with Gasteiger partial charge in [-0.2, -0.15) is 0 Å². The van der Waals surface area contributed by atoms with Gasteiger partial charge >= 0.3 is 0 Å². The van der Waals surface area contributed by atoms with Gasteiger partial charge in [-0.15, -0.1) is 0 Å². The molecular formula is C22H32BrNO. The Kier molecular flexibility index (Phi) is 3.23. The molecule has 0 saturated heterocycles. The number of hydrogen-bond acceptors (Lipinski definition) is 1. The number of rotatable bonds is 3. The van der Waals surface area contributed by atoms with Crippen LogP contribution in [0.5, 0.6) is 0 Å². The number of hydrogen-bond donors (Lipinski definition) is 1. The molecule has 2 atom stereocenters. The summed E-state index contributed by atoms with van der Waals surface area (Å²) < 4.78 is 0.287. The molecule has 8 aliphatic carbocycles. The second kappa shape index (κ2) is 5.06. The van der Waals surface area contributed by atoms with Gasteiger partial charge in [0.2, 0.25) is 5.91 Å². The van der Waals surface area contributed by atoms with E-state index in [-0.39, 0.29) is 9.74 Å². The molecule has 3 heteroatoms. The lowest BCUT2D eigenvalue weighted by Gasteiger charge is -2.60. The molecule has 25 heavy (non-hydrogen) atoms. The highest BCUT2D eigenvalue weighted by Gasteiger charge is 2.60. The van der Waals surface area contributed by atoms with E-state index in [0.717, 1.165) is 42.6 Å². The van der Waals surface area contributed by atoms with Crippen LogP contribution in [-0.4, -0.2) is 16.8 Å². The minimum Gasteiger partial charge on any atom is -0.355 e. The zero-order chi connectivity index (χ0) is 16.9. The van der Waals surface area contributed by atoms with E-state index < -0.39 is 0 Å². The number of carbonyl (C=O) groups is 1. The van der Waals surface area contributed by atoms with Crippen molar-refractivity contribution in [1.29, 1.82) is 0 Å². The van der Waals surface area contributed by atoms with Crippen molar-refractivity contribution in [3.05, 3.63) is 0 Å². The molecular weight excluding hydrogens is 374 g/mol. The lowest BCUT2D eigenvalue weighted by molar-refractivity contribution is -0.145. The van der Waals surface area contributed by atoms with Crippen molar-refractivity contribution in [1.82, 2.24) is 5.32 Å². The standard InChI is InChI=1S/C22H32BrNO/c23-22-10-17-4-18(11-22)9-21(8-17,12-22)19(25)24-13-20-5-14-1-15(6-20)3-16(2-14)7-20/h14-18H,1-13H2,(H,24,25)/t14?,15?,16?,17-,18-,20?,21?,22?/m0/s1. The molecule has 1 N–H and O–H groups in total. The molecule has 0 unspecified atom stereocenters. The normalized spacial score (nSPS) is 57.9. The first-order valence-electron chi connectivity index (χ1n) is 10.9. The fourth-order valence-corrected chi connectivity index (χ4v) is 10.8. The Morgan fingerprint density at radius 1 is 0.800 bits per heavy atom. The highest BCUT2D eigenvalue weighted by Crippen LogP contribution is 2.65. The third-order valence-electron chi connectivity index (χ3n) is 9.26. The second-order valence-electron chi connectivity index (χ2n) is 11.5. The fourth-order valence-electron chi connectivity index (χ4n) is 9.38. The molecule has 0 aromatic carbocycles. The van der Waals surface area contributed by atoms with Gasteiger partial charge in [0.05, 0.1) is 5.41 Å². The van der Waals surface area contributed by atoms with Gasteiger partial charge in [-0.1, -0.05) is 15.9 Å². The molecule has 1 amide bonds. The average molecular weight is 406 g/mol. The quantitative estimate of drug-likeness (QED) is 0.653. The molecule has 138 valence electrons. The lowest BCUT2D eigenvalue weighted by atomic mass is 9.48. The molecule has 0 spiro atoms. The van der Waals surface area contributed by atoms with Crippen LogP contribution in [0.3, 0.4) is 0 Å². The molecule has 0 aliphatic heterocycles. The van der Waals surface area contributed by atoms with Crippen molar-refractivity contribution >= 4 is 21.8 Å². The molecule has 0 aromatic rings.